The number of rotatable bonds is 6. The van der Waals surface area contributed by atoms with E-state index in [4.69, 9.17) is 19.2 Å². The van der Waals surface area contributed by atoms with Gasteiger partial charge in [-0.2, -0.15) is 15.0 Å². The fraction of sp³-hybridized carbons (Fsp3) is 0.200. The first-order chi connectivity index (χ1) is 16.4. The summed E-state index contributed by atoms with van der Waals surface area (Å²) in [6.07, 6.45) is 1.39. The zero-order chi connectivity index (χ0) is 24.4. The minimum atomic E-state index is -0.480. The molecule has 2 aromatic carbocycles. The first-order valence-corrected chi connectivity index (χ1v) is 10.4. The third-order valence-electron chi connectivity index (χ3n) is 5.50. The fourth-order valence-corrected chi connectivity index (χ4v) is 3.77. The number of nitrogens with zero attached hydrogens (tertiary/aromatic N) is 4. The highest BCUT2D eigenvalue weighted by atomic mass is 16.5. The number of methoxy groups -OCH3 is 3. The van der Waals surface area contributed by atoms with Crippen LogP contribution in [-0.2, 0) is 0 Å². The van der Waals surface area contributed by atoms with Gasteiger partial charge in [0.25, 0.3) is 5.91 Å². The Morgan fingerprint density at radius 2 is 1.74 bits per heavy atom. The van der Waals surface area contributed by atoms with E-state index >= 15 is 0 Å². The van der Waals surface area contributed by atoms with Crippen LogP contribution in [0.3, 0.4) is 0 Å². The Balaban J connectivity index is 1.79. The van der Waals surface area contributed by atoms with Crippen molar-refractivity contribution in [1.29, 1.82) is 5.26 Å². The number of hydrogen-bond donors (Lipinski definition) is 1. The number of pyridine rings is 1. The van der Waals surface area contributed by atoms with Crippen LogP contribution in [0.5, 0.6) is 17.2 Å². The summed E-state index contributed by atoms with van der Waals surface area (Å²) in [5.41, 5.74) is 3.29. The lowest BCUT2D eigenvalue weighted by atomic mass is 10.1. The van der Waals surface area contributed by atoms with Gasteiger partial charge in [-0.05, 0) is 43.2 Å². The molecule has 0 unspecified atom stereocenters. The summed E-state index contributed by atoms with van der Waals surface area (Å²) >= 11 is 0. The summed E-state index contributed by atoms with van der Waals surface area (Å²) < 4.78 is 17.5. The number of benzene rings is 2. The van der Waals surface area contributed by atoms with Gasteiger partial charge in [0, 0.05) is 10.9 Å². The predicted molar refractivity (Wildman–Crippen MR) is 127 cm³/mol. The highest BCUT2D eigenvalue weighted by molar-refractivity contribution is 6.05. The number of amides is 1. The van der Waals surface area contributed by atoms with Gasteiger partial charge < -0.3 is 19.5 Å². The second kappa shape index (κ2) is 9.11. The highest BCUT2D eigenvalue weighted by Crippen LogP contribution is 2.38. The van der Waals surface area contributed by atoms with Crippen LogP contribution in [0.4, 0.5) is 5.82 Å². The molecule has 4 aromatic rings. The fourth-order valence-electron chi connectivity index (χ4n) is 3.77. The number of ether oxygens (including phenoxy) is 3. The molecule has 2 aromatic heterocycles. The molecule has 0 aliphatic heterocycles. The molecule has 1 amide bonds. The molecule has 0 bridgehead atoms. The second-order valence-corrected chi connectivity index (χ2v) is 7.57. The number of carbonyl (C=O) groups is 1. The molecular weight excluding hydrogens is 434 g/mol. The van der Waals surface area contributed by atoms with Crippen molar-refractivity contribution in [2.45, 2.75) is 13.8 Å². The van der Waals surface area contributed by atoms with Crippen LogP contribution < -0.4 is 19.5 Å². The van der Waals surface area contributed by atoms with E-state index in [0.717, 1.165) is 22.0 Å². The number of carbonyl (C=O) groups excluding carboxylic acids is 1. The van der Waals surface area contributed by atoms with Crippen LogP contribution in [-0.4, -0.2) is 42.0 Å². The summed E-state index contributed by atoms with van der Waals surface area (Å²) in [5, 5.41) is 17.8. The average Bonchev–Trinajstić information content (AvgIpc) is 3.25. The number of para-hydroxylation sites is 1. The lowest BCUT2D eigenvalue weighted by Crippen LogP contribution is -2.17. The van der Waals surface area contributed by atoms with Crippen molar-refractivity contribution in [3.8, 4) is 29.1 Å². The lowest BCUT2D eigenvalue weighted by molar-refractivity contribution is 0.102. The Labute approximate surface area is 196 Å². The summed E-state index contributed by atoms with van der Waals surface area (Å²) in [6.45, 7) is 3.96. The Hall–Kier alpha value is -4.58. The summed E-state index contributed by atoms with van der Waals surface area (Å²) in [6, 6.07) is 13.0. The number of nitrogens with one attached hydrogen (secondary N) is 1. The summed E-state index contributed by atoms with van der Waals surface area (Å²) in [7, 11) is 4.42. The molecule has 4 rings (SSSR count). The molecule has 0 atom stereocenters. The number of aromatic nitrogens is 3. The second-order valence-electron chi connectivity index (χ2n) is 7.57. The van der Waals surface area contributed by atoms with Crippen molar-refractivity contribution >= 4 is 22.6 Å². The Bertz CT molecular complexity index is 1430. The molecule has 0 saturated heterocycles. The molecule has 9 nitrogen and oxygen atoms in total. The van der Waals surface area contributed by atoms with Gasteiger partial charge in [0.2, 0.25) is 5.75 Å². The van der Waals surface area contributed by atoms with Gasteiger partial charge in [0.1, 0.15) is 11.6 Å². The number of fused-ring (bicyclic) bond motifs is 1. The number of hydrogen-bond acceptors (Lipinski definition) is 7. The van der Waals surface area contributed by atoms with Gasteiger partial charge in [-0.1, -0.05) is 18.2 Å². The van der Waals surface area contributed by atoms with Crippen LogP contribution in [0.2, 0.25) is 0 Å². The maximum Gasteiger partial charge on any atom is 0.257 e. The average molecular weight is 457 g/mol. The first kappa shape index (κ1) is 22.6. The zero-order valence-electron chi connectivity index (χ0n) is 19.5. The van der Waals surface area contributed by atoms with E-state index in [2.05, 4.69) is 16.5 Å². The highest BCUT2D eigenvalue weighted by Gasteiger charge is 2.21. The number of anilines is 1. The third-order valence-corrected chi connectivity index (χ3v) is 5.50. The van der Waals surface area contributed by atoms with E-state index in [0.29, 0.717) is 23.1 Å². The molecule has 2 heterocycles. The van der Waals surface area contributed by atoms with Gasteiger partial charge in [0.05, 0.1) is 33.0 Å². The topological polar surface area (TPSA) is 111 Å². The molecule has 0 spiro atoms. The van der Waals surface area contributed by atoms with Crippen molar-refractivity contribution in [2.24, 2.45) is 0 Å². The molecular formula is C25H23N5O4. The van der Waals surface area contributed by atoms with Crippen LogP contribution in [0.25, 0.3) is 16.7 Å². The molecule has 34 heavy (non-hydrogen) atoms. The van der Waals surface area contributed by atoms with Crippen LogP contribution in [0.15, 0.2) is 42.6 Å². The molecule has 0 aliphatic carbocycles. The number of nitriles is 1. The molecule has 0 aliphatic rings. The SMILES string of the molecule is COc1cc(C(=O)Nc2c(C#N)cnn2-c2cc(C)c3cccc(C)c3n2)cc(OC)c1OC. The van der Waals surface area contributed by atoms with Gasteiger partial charge >= 0.3 is 0 Å². The van der Waals surface area contributed by atoms with Crippen LogP contribution in [0.1, 0.15) is 27.0 Å². The summed E-state index contributed by atoms with van der Waals surface area (Å²) in [5.74, 6) is 1.26. The standard InChI is InChI=1S/C25H23N5O4/c1-14-7-6-8-18-15(2)9-21(28-22(14)18)30-24(17(12-26)13-27-30)29-25(31)16-10-19(32-3)23(34-5)20(11-16)33-4/h6-11,13H,1-5H3,(H,29,31). The number of aryl methyl sites for hydroxylation is 2. The molecule has 0 saturated carbocycles. The Morgan fingerprint density at radius 3 is 2.35 bits per heavy atom. The monoisotopic (exact) mass is 457 g/mol. The normalized spacial score (nSPS) is 10.6. The smallest absolute Gasteiger partial charge is 0.257 e. The first-order valence-electron chi connectivity index (χ1n) is 10.4. The quantitative estimate of drug-likeness (QED) is 0.462. The predicted octanol–water partition coefficient (Wildman–Crippen LogP) is 4.19. The zero-order valence-corrected chi connectivity index (χ0v) is 19.5. The van der Waals surface area contributed by atoms with E-state index in [1.807, 2.05) is 38.1 Å². The van der Waals surface area contributed by atoms with Gasteiger partial charge in [-0.3, -0.25) is 4.79 Å². The van der Waals surface area contributed by atoms with E-state index in [1.54, 1.807) is 0 Å². The van der Waals surface area contributed by atoms with Crippen molar-refractivity contribution in [1.82, 2.24) is 14.8 Å². The minimum absolute atomic E-state index is 0.199. The van der Waals surface area contributed by atoms with E-state index in [1.165, 1.54) is 44.3 Å². The maximum absolute atomic E-state index is 13.2. The largest absolute Gasteiger partial charge is 0.493 e. The Morgan fingerprint density at radius 1 is 1.03 bits per heavy atom. The maximum atomic E-state index is 13.2. The molecule has 9 heteroatoms. The van der Waals surface area contributed by atoms with Crippen molar-refractivity contribution in [3.05, 3.63) is 64.8 Å². The molecule has 172 valence electrons. The van der Waals surface area contributed by atoms with E-state index < -0.39 is 5.91 Å². The van der Waals surface area contributed by atoms with Crippen molar-refractivity contribution in [3.63, 3.8) is 0 Å². The van der Waals surface area contributed by atoms with Gasteiger partial charge in [-0.15, -0.1) is 0 Å². The van der Waals surface area contributed by atoms with Crippen LogP contribution in [0, 0.1) is 25.2 Å². The van der Waals surface area contributed by atoms with Crippen molar-refractivity contribution in [2.75, 3.05) is 26.6 Å². The van der Waals surface area contributed by atoms with E-state index in [-0.39, 0.29) is 16.9 Å². The molecule has 0 fully saturated rings. The third kappa shape index (κ3) is 3.86. The van der Waals surface area contributed by atoms with Gasteiger partial charge in [-0.25, -0.2) is 4.98 Å². The minimum Gasteiger partial charge on any atom is -0.493 e. The lowest BCUT2D eigenvalue weighted by Gasteiger charge is -2.15. The van der Waals surface area contributed by atoms with Gasteiger partial charge in [0.15, 0.2) is 23.1 Å². The summed E-state index contributed by atoms with van der Waals surface area (Å²) in [4.78, 5) is 18.0. The van der Waals surface area contributed by atoms with Crippen LogP contribution >= 0.6 is 0 Å². The molecule has 0 radical (unpaired) electrons. The van der Waals surface area contributed by atoms with E-state index in [9.17, 15) is 10.1 Å². The Kier molecular flexibility index (Phi) is 6.06. The molecule has 1 N–H and O–H groups in total. The van der Waals surface area contributed by atoms with Crippen molar-refractivity contribution < 1.29 is 19.0 Å².